The highest BCUT2D eigenvalue weighted by molar-refractivity contribution is 5.94. The fraction of sp³-hybridized carbons (Fsp3) is 0.529. The molecule has 1 aliphatic rings. The zero-order valence-corrected chi connectivity index (χ0v) is 13.3. The number of hydrogen-bond acceptors (Lipinski definition) is 3. The molecule has 0 radical (unpaired) electrons. The molecular weight excluding hydrogens is 278 g/mol. The van der Waals surface area contributed by atoms with Gasteiger partial charge in [0.1, 0.15) is 0 Å². The summed E-state index contributed by atoms with van der Waals surface area (Å²) in [5.74, 6) is -0.0628. The Labute approximate surface area is 131 Å². The van der Waals surface area contributed by atoms with Crippen LogP contribution in [0, 0.1) is 5.41 Å². The Bertz CT molecular complexity index is 532. The van der Waals surface area contributed by atoms with E-state index in [2.05, 4.69) is 12.2 Å². The maximum Gasteiger partial charge on any atom is 0.251 e. The highest BCUT2D eigenvalue weighted by atomic mass is 16.2. The molecule has 22 heavy (non-hydrogen) atoms. The summed E-state index contributed by atoms with van der Waals surface area (Å²) in [7, 11) is 0. The van der Waals surface area contributed by atoms with Gasteiger partial charge in [0.25, 0.3) is 5.91 Å². The lowest BCUT2D eigenvalue weighted by atomic mass is 9.90. The SMILES string of the molecule is CC(CC(=O)N1CCC(C)(CN)C1)NC(=O)c1ccccc1. The Morgan fingerprint density at radius 2 is 2.05 bits per heavy atom. The number of amides is 2. The molecule has 0 aromatic heterocycles. The van der Waals surface area contributed by atoms with Crippen molar-refractivity contribution in [3.05, 3.63) is 35.9 Å². The van der Waals surface area contributed by atoms with Crippen molar-refractivity contribution < 1.29 is 9.59 Å². The van der Waals surface area contributed by atoms with Crippen LogP contribution in [0.5, 0.6) is 0 Å². The third-order valence-electron chi connectivity index (χ3n) is 4.30. The lowest BCUT2D eigenvalue weighted by Crippen LogP contribution is -2.39. The van der Waals surface area contributed by atoms with Crippen molar-refractivity contribution in [2.24, 2.45) is 11.1 Å². The van der Waals surface area contributed by atoms with Crippen LogP contribution >= 0.6 is 0 Å². The van der Waals surface area contributed by atoms with Gasteiger partial charge in [-0.25, -0.2) is 0 Å². The number of carbonyl (C=O) groups excluding carboxylic acids is 2. The molecule has 1 aromatic carbocycles. The first-order valence-corrected chi connectivity index (χ1v) is 7.77. The Hall–Kier alpha value is -1.88. The van der Waals surface area contributed by atoms with Crippen molar-refractivity contribution in [1.29, 1.82) is 0 Å². The Balaban J connectivity index is 1.83. The van der Waals surface area contributed by atoms with E-state index in [1.165, 1.54) is 0 Å². The third kappa shape index (κ3) is 4.07. The first-order valence-electron chi connectivity index (χ1n) is 7.77. The molecule has 1 aromatic rings. The topological polar surface area (TPSA) is 75.4 Å². The summed E-state index contributed by atoms with van der Waals surface area (Å²) in [6, 6.07) is 8.84. The molecule has 2 rings (SSSR count). The van der Waals surface area contributed by atoms with E-state index in [0.29, 0.717) is 25.1 Å². The second kappa shape index (κ2) is 6.92. The first-order chi connectivity index (χ1) is 10.4. The zero-order chi connectivity index (χ0) is 16.2. The molecular formula is C17H25N3O2. The van der Waals surface area contributed by atoms with Gasteiger partial charge in [-0.05, 0) is 37.4 Å². The van der Waals surface area contributed by atoms with Crippen LogP contribution in [0.3, 0.4) is 0 Å². The molecule has 2 atom stereocenters. The van der Waals surface area contributed by atoms with E-state index in [0.717, 1.165) is 13.0 Å². The molecule has 120 valence electrons. The van der Waals surface area contributed by atoms with Gasteiger partial charge in [-0.15, -0.1) is 0 Å². The molecule has 5 nitrogen and oxygen atoms in total. The summed E-state index contributed by atoms with van der Waals surface area (Å²) in [5, 5.41) is 2.87. The Morgan fingerprint density at radius 1 is 1.36 bits per heavy atom. The maximum absolute atomic E-state index is 12.3. The van der Waals surface area contributed by atoms with Crippen LogP contribution in [0.2, 0.25) is 0 Å². The van der Waals surface area contributed by atoms with E-state index in [9.17, 15) is 9.59 Å². The van der Waals surface area contributed by atoms with Crippen molar-refractivity contribution >= 4 is 11.8 Å². The van der Waals surface area contributed by atoms with Crippen LogP contribution in [0.15, 0.2) is 30.3 Å². The molecule has 2 amide bonds. The summed E-state index contributed by atoms with van der Waals surface area (Å²) < 4.78 is 0. The van der Waals surface area contributed by atoms with Gasteiger partial charge in [-0.2, -0.15) is 0 Å². The number of nitrogens with zero attached hydrogens (tertiary/aromatic N) is 1. The van der Waals surface area contributed by atoms with Crippen molar-refractivity contribution in [2.45, 2.75) is 32.7 Å². The van der Waals surface area contributed by atoms with Gasteiger partial charge >= 0.3 is 0 Å². The number of benzene rings is 1. The smallest absolute Gasteiger partial charge is 0.251 e. The molecule has 2 unspecified atom stereocenters. The molecule has 1 saturated heterocycles. The minimum Gasteiger partial charge on any atom is -0.349 e. The lowest BCUT2D eigenvalue weighted by Gasteiger charge is -2.23. The summed E-state index contributed by atoms with van der Waals surface area (Å²) in [4.78, 5) is 26.2. The summed E-state index contributed by atoms with van der Waals surface area (Å²) >= 11 is 0. The predicted octanol–water partition coefficient (Wildman–Crippen LogP) is 1.39. The van der Waals surface area contributed by atoms with Crippen molar-refractivity contribution in [2.75, 3.05) is 19.6 Å². The monoisotopic (exact) mass is 303 g/mol. The molecule has 1 heterocycles. The third-order valence-corrected chi connectivity index (χ3v) is 4.30. The van der Waals surface area contributed by atoms with Gasteiger partial charge < -0.3 is 16.0 Å². The number of hydrogen-bond donors (Lipinski definition) is 2. The zero-order valence-electron chi connectivity index (χ0n) is 13.3. The van der Waals surface area contributed by atoms with Crippen LogP contribution in [-0.4, -0.2) is 42.4 Å². The average molecular weight is 303 g/mol. The number of nitrogens with two attached hydrogens (primary N) is 1. The highest BCUT2D eigenvalue weighted by Gasteiger charge is 2.35. The molecule has 1 aliphatic heterocycles. The fourth-order valence-corrected chi connectivity index (χ4v) is 2.74. The van der Waals surface area contributed by atoms with Crippen LogP contribution in [-0.2, 0) is 4.79 Å². The quantitative estimate of drug-likeness (QED) is 0.863. The van der Waals surface area contributed by atoms with Crippen LogP contribution < -0.4 is 11.1 Å². The molecule has 3 N–H and O–H groups in total. The lowest BCUT2D eigenvalue weighted by molar-refractivity contribution is -0.130. The van der Waals surface area contributed by atoms with Gasteiger partial charge in [0.05, 0.1) is 0 Å². The van der Waals surface area contributed by atoms with E-state index in [-0.39, 0.29) is 23.3 Å². The molecule has 0 bridgehead atoms. The van der Waals surface area contributed by atoms with Crippen LogP contribution in [0.1, 0.15) is 37.0 Å². The number of rotatable bonds is 5. The normalized spacial score (nSPS) is 22.4. The number of carbonyl (C=O) groups is 2. The van der Waals surface area contributed by atoms with Gasteiger partial charge in [-0.1, -0.05) is 25.1 Å². The largest absolute Gasteiger partial charge is 0.349 e. The van der Waals surface area contributed by atoms with E-state index < -0.39 is 0 Å². The fourth-order valence-electron chi connectivity index (χ4n) is 2.74. The van der Waals surface area contributed by atoms with E-state index in [4.69, 9.17) is 5.73 Å². The molecule has 5 heteroatoms. The maximum atomic E-state index is 12.3. The van der Waals surface area contributed by atoms with E-state index >= 15 is 0 Å². The number of likely N-dealkylation sites (tertiary alicyclic amines) is 1. The summed E-state index contributed by atoms with van der Waals surface area (Å²) in [6.45, 7) is 6.03. The van der Waals surface area contributed by atoms with E-state index in [1.54, 1.807) is 12.1 Å². The Morgan fingerprint density at radius 3 is 2.64 bits per heavy atom. The minimum atomic E-state index is -0.190. The van der Waals surface area contributed by atoms with Crippen LogP contribution in [0.25, 0.3) is 0 Å². The van der Waals surface area contributed by atoms with Crippen molar-refractivity contribution in [1.82, 2.24) is 10.2 Å². The van der Waals surface area contributed by atoms with Crippen LogP contribution in [0.4, 0.5) is 0 Å². The van der Waals surface area contributed by atoms with E-state index in [1.807, 2.05) is 30.0 Å². The molecule has 1 fully saturated rings. The van der Waals surface area contributed by atoms with Crippen molar-refractivity contribution in [3.63, 3.8) is 0 Å². The Kier molecular flexibility index (Phi) is 5.19. The second-order valence-corrected chi connectivity index (χ2v) is 6.52. The first kappa shape index (κ1) is 16.5. The molecule has 0 saturated carbocycles. The summed E-state index contributed by atoms with van der Waals surface area (Å²) in [5.41, 5.74) is 6.41. The summed E-state index contributed by atoms with van der Waals surface area (Å²) in [6.07, 6.45) is 1.26. The van der Waals surface area contributed by atoms with Gasteiger partial charge in [0, 0.05) is 31.1 Å². The van der Waals surface area contributed by atoms with Gasteiger partial charge in [-0.3, -0.25) is 9.59 Å². The molecule has 0 aliphatic carbocycles. The van der Waals surface area contributed by atoms with Gasteiger partial charge in [0.2, 0.25) is 5.91 Å². The number of nitrogens with one attached hydrogen (secondary N) is 1. The highest BCUT2D eigenvalue weighted by Crippen LogP contribution is 2.28. The second-order valence-electron chi connectivity index (χ2n) is 6.52. The van der Waals surface area contributed by atoms with Crippen molar-refractivity contribution in [3.8, 4) is 0 Å². The van der Waals surface area contributed by atoms with Gasteiger partial charge in [0.15, 0.2) is 0 Å². The standard InChI is InChI=1S/C17H25N3O2/c1-13(19-16(22)14-6-4-3-5-7-14)10-15(21)20-9-8-17(2,11-18)12-20/h3-7,13H,8-12,18H2,1-2H3,(H,19,22). The average Bonchev–Trinajstić information content (AvgIpc) is 2.91. The minimum absolute atomic E-state index is 0.0339. The predicted molar refractivity (Wildman–Crippen MR) is 86.3 cm³/mol. The molecule has 0 spiro atoms.